The first-order valence-corrected chi connectivity index (χ1v) is 3.23. The summed E-state index contributed by atoms with van der Waals surface area (Å²) in [5, 5.41) is 0. The van der Waals surface area contributed by atoms with Crippen molar-refractivity contribution < 1.29 is 18.6 Å². The summed E-state index contributed by atoms with van der Waals surface area (Å²) in [7, 11) is 0. The number of hydrogen-bond donors (Lipinski definition) is 0. The van der Waals surface area contributed by atoms with Crippen molar-refractivity contribution in [2.45, 2.75) is 12.8 Å². The summed E-state index contributed by atoms with van der Waals surface area (Å²) < 4.78 is 0. The van der Waals surface area contributed by atoms with Gasteiger partial charge in [-0.25, -0.2) is 0 Å². The van der Waals surface area contributed by atoms with E-state index in [2.05, 4.69) is 11.8 Å². The molecule has 0 amide bonds. The van der Waals surface area contributed by atoms with Crippen LogP contribution in [0.3, 0.4) is 0 Å². The molecule has 0 aromatic heterocycles. The summed E-state index contributed by atoms with van der Waals surface area (Å²) in [5.74, 6) is 2.83. The monoisotopic (exact) mass is 139 g/mol. The van der Waals surface area contributed by atoms with Gasteiger partial charge in [0, 0.05) is 18.6 Å². The third-order valence-electron chi connectivity index (χ3n) is 0.827. The largest absolute Gasteiger partial charge is 0.162 e. The predicted octanol–water partition coefficient (Wildman–Crippen LogP) is 1.51. The third kappa shape index (κ3) is 2.17. The molecular weight excluding hydrogens is 131 g/mol. The summed E-state index contributed by atoms with van der Waals surface area (Å²) in [5.41, 5.74) is 0. The molecule has 1 aliphatic rings. The smallest absolute Gasteiger partial charge is 0 e. The molecule has 1 aliphatic heterocycles. The molecule has 1 fully saturated rings. The zero-order chi connectivity index (χ0) is 3.54. The molecule has 35 valence electrons. The van der Waals surface area contributed by atoms with Crippen LogP contribution in [0.2, 0.25) is 0 Å². The van der Waals surface area contributed by atoms with Gasteiger partial charge in [0.2, 0.25) is 0 Å². The van der Waals surface area contributed by atoms with Crippen molar-refractivity contribution >= 4 is 11.8 Å². The predicted molar refractivity (Wildman–Crippen MR) is 26.6 cm³/mol. The molecule has 0 N–H and O–H groups in total. The van der Waals surface area contributed by atoms with E-state index in [-0.39, 0.29) is 18.6 Å². The van der Waals surface area contributed by atoms with E-state index in [1.807, 2.05) is 0 Å². The molecule has 1 rings (SSSR count). The molecule has 0 unspecified atom stereocenters. The van der Waals surface area contributed by atoms with Crippen molar-refractivity contribution in [2.75, 3.05) is 11.5 Å². The van der Waals surface area contributed by atoms with Gasteiger partial charge in [0.15, 0.2) is 0 Å². The Kier molecular flexibility index (Phi) is 4.74. The van der Waals surface area contributed by atoms with Crippen LogP contribution in [-0.2, 0) is 18.6 Å². The van der Waals surface area contributed by atoms with E-state index in [1.165, 1.54) is 24.3 Å². The molecule has 0 aromatic carbocycles. The average molecular weight is 139 g/mol. The van der Waals surface area contributed by atoms with E-state index in [1.54, 1.807) is 0 Å². The molecule has 1 heterocycles. The van der Waals surface area contributed by atoms with Crippen LogP contribution in [0.1, 0.15) is 12.8 Å². The number of rotatable bonds is 0. The van der Waals surface area contributed by atoms with Crippen molar-refractivity contribution in [3.63, 3.8) is 0 Å². The third-order valence-corrected chi connectivity index (χ3v) is 1.98. The van der Waals surface area contributed by atoms with Crippen LogP contribution in [0.25, 0.3) is 0 Å². The Morgan fingerprint density at radius 3 is 1.67 bits per heavy atom. The van der Waals surface area contributed by atoms with Gasteiger partial charge in [0.1, 0.15) is 0 Å². The fourth-order valence-electron chi connectivity index (χ4n) is 0.510. The van der Waals surface area contributed by atoms with Crippen LogP contribution in [0, 0.1) is 0 Å². The van der Waals surface area contributed by atoms with Crippen molar-refractivity contribution in [3.8, 4) is 0 Å². The van der Waals surface area contributed by atoms with E-state index in [0.29, 0.717) is 0 Å². The topological polar surface area (TPSA) is 0 Å². The molecule has 2 heteroatoms. The van der Waals surface area contributed by atoms with Crippen molar-refractivity contribution in [3.05, 3.63) is 0 Å². The number of thioether (sulfide) groups is 1. The first kappa shape index (κ1) is 6.93. The van der Waals surface area contributed by atoms with E-state index in [9.17, 15) is 0 Å². The fourth-order valence-corrected chi connectivity index (χ4v) is 1.53. The van der Waals surface area contributed by atoms with E-state index in [4.69, 9.17) is 0 Å². The Hall–Kier alpha value is 0.934. The molecule has 1 saturated heterocycles. The maximum atomic E-state index is 2.07. The van der Waals surface area contributed by atoms with Gasteiger partial charge in [-0.05, 0) is 24.3 Å². The zero-order valence-corrected chi connectivity index (χ0v) is 5.90. The van der Waals surface area contributed by atoms with Gasteiger partial charge in [-0.15, -0.1) is 0 Å². The van der Waals surface area contributed by atoms with Crippen LogP contribution in [0.4, 0.5) is 0 Å². The minimum absolute atomic E-state index is 0. The molecule has 0 saturated carbocycles. The Bertz CT molecular complexity index is 19.1. The van der Waals surface area contributed by atoms with Gasteiger partial charge >= 0.3 is 0 Å². The molecular formula is C4H8SV. The minimum Gasteiger partial charge on any atom is -0.162 e. The summed E-state index contributed by atoms with van der Waals surface area (Å²) in [6.45, 7) is 0. The maximum absolute atomic E-state index is 2.07. The molecule has 0 aliphatic carbocycles. The zero-order valence-electron chi connectivity index (χ0n) is 3.68. The first-order valence-electron chi connectivity index (χ1n) is 2.08. The van der Waals surface area contributed by atoms with Crippen LogP contribution < -0.4 is 0 Å². The quantitative estimate of drug-likeness (QED) is 0.490. The minimum atomic E-state index is 0. The summed E-state index contributed by atoms with van der Waals surface area (Å²) in [6, 6.07) is 0. The van der Waals surface area contributed by atoms with Crippen LogP contribution in [-0.4, -0.2) is 11.5 Å². The molecule has 0 atom stereocenters. The van der Waals surface area contributed by atoms with Crippen LogP contribution in [0.15, 0.2) is 0 Å². The van der Waals surface area contributed by atoms with E-state index in [0.717, 1.165) is 0 Å². The molecule has 6 heavy (non-hydrogen) atoms. The van der Waals surface area contributed by atoms with Crippen LogP contribution >= 0.6 is 11.8 Å². The summed E-state index contributed by atoms with van der Waals surface area (Å²) in [4.78, 5) is 0. The first-order chi connectivity index (χ1) is 2.50. The second kappa shape index (κ2) is 4.10. The summed E-state index contributed by atoms with van der Waals surface area (Å²) in [6.07, 6.45) is 2.93. The molecule has 0 bridgehead atoms. The van der Waals surface area contributed by atoms with Gasteiger partial charge in [-0.1, -0.05) is 0 Å². The second-order valence-electron chi connectivity index (χ2n) is 1.32. The second-order valence-corrected chi connectivity index (χ2v) is 2.54. The molecule has 0 nitrogen and oxygen atoms in total. The fraction of sp³-hybridized carbons (Fsp3) is 1.00. The van der Waals surface area contributed by atoms with Crippen molar-refractivity contribution in [1.82, 2.24) is 0 Å². The van der Waals surface area contributed by atoms with Crippen molar-refractivity contribution in [1.29, 1.82) is 0 Å². The average Bonchev–Trinajstić information content (AvgIpc) is 1.76. The maximum Gasteiger partial charge on any atom is 0 e. The van der Waals surface area contributed by atoms with Crippen molar-refractivity contribution in [2.24, 2.45) is 0 Å². The van der Waals surface area contributed by atoms with Gasteiger partial charge in [-0.2, -0.15) is 11.8 Å². The summed E-state index contributed by atoms with van der Waals surface area (Å²) >= 11 is 2.07. The Morgan fingerprint density at radius 1 is 1.00 bits per heavy atom. The SMILES string of the molecule is C1CCSC1.[V]. The van der Waals surface area contributed by atoms with Gasteiger partial charge in [0.05, 0.1) is 0 Å². The van der Waals surface area contributed by atoms with Crippen LogP contribution in [0.5, 0.6) is 0 Å². The van der Waals surface area contributed by atoms with Gasteiger partial charge < -0.3 is 0 Å². The Morgan fingerprint density at radius 2 is 1.50 bits per heavy atom. The molecule has 0 aromatic rings. The number of hydrogen-bond acceptors (Lipinski definition) is 1. The normalized spacial score (nSPS) is 20.0. The Balaban J connectivity index is 0.000000250. The van der Waals surface area contributed by atoms with E-state index >= 15 is 0 Å². The molecule has 1 radical (unpaired) electrons. The standard InChI is InChI=1S/C4H8S.V/c1-2-4-5-3-1;/h1-4H2;. The van der Waals surface area contributed by atoms with Gasteiger partial charge in [0.25, 0.3) is 0 Å². The van der Waals surface area contributed by atoms with Gasteiger partial charge in [-0.3, -0.25) is 0 Å². The Labute approximate surface area is 55.0 Å². The molecule has 0 spiro atoms. The van der Waals surface area contributed by atoms with E-state index < -0.39 is 0 Å².